The Kier molecular flexibility index (Phi) is 17.5. The molecule has 6 heterocycles. The van der Waals surface area contributed by atoms with Crippen molar-refractivity contribution in [1.82, 2.24) is 0 Å². The number of carbonyl (C=O) groups is 1. The van der Waals surface area contributed by atoms with Crippen LogP contribution in [0.15, 0.2) is 12.7 Å². The molecule has 0 unspecified atom stereocenters. The maximum absolute atomic E-state index is 12.3. The average molecular weight is 1240 g/mol. The van der Waals surface area contributed by atoms with Crippen LogP contribution < -0.4 is 0 Å². The first-order valence-corrected chi connectivity index (χ1v) is 63.4. The zero-order chi connectivity index (χ0) is 51.3. The summed E-state index contributed by atoms with van der Waals surface area (Å²) in [6.07, 6.45) is 1.88. The van der Waals surface area contributed by atoms with E-state index in [4.69, 9.17) is 82.3 Å². The fourth-order valence-corrected chi connectivity index (χ4v) is 73.3. The predicted molar refractivity (Wildman–Crippen MR) is 286 cm³/mol. The molecule has 6 saturated heterocycles. The maximum atomic E-state index is 12.3. The molecule has 0 saturated carbocycles. The summed E-state index contributed by atoms with van der Waals surface area (Å²) in [5, 5.41) is -0.132. The Balaban J connectivity index is 2.02. The molecule has 38 heteroatoms. The molecule has 0 aliphatic carbocycles. The van der Waals surface area contributed by atoms with Gasteiger partial charge in [0, 0.05) is 5.75 Å². The number of carbonyl (C=O) groups excluding carboxylic acids is 1. The summed E-state index contributed by atoms with van der Waals surface area (Å²) in [7, 11) is -64.2. The lowest BCUT2D eigenvalue weighted by atomic mass is 10.6. The fourth-order valence-electron chi connectivity index (χ4n) is 6.58. The Morgan fingerprint density at radius 3 is 0.716 bits per heavy atom. The first-order chi connectivity index (χ1) is 29.6. The molecule has 6 fully saturated rings. The normalized spacial score (nSPS) is 36.6. The van der Waals surface area contributed by atoms with Gasteiger partial charge in [-0.2, -0.15) is 0 Å². The third-order valence-electron chi connectivity index (χ3n) is 7.75. The molecule has 67 heavy (non-hydrogen) atoms. The smallest absolute Gasteiger partial charge is 0.396 e. The molecule has 0 atom stereocenters. The van der Waals surface area contributed by atoms with E-state index in [2.05, 4.69) is 6.58 Å². The van der Waals surface area contributed by atoms with Crippen molar-refractivity contribution in [2.24, 2.45) is 0 Å². The van der Waals surface area contributed by atoms with Crippen LogP contribution in [0, 0.1) is 0 Å². The molecule has 0 spiro atoms. The molecule has 0 amide bonds. The lowest BCUT2D eigenvalue weighted by Crippen LogP contribution is -2.93. The lowest BCUT2D eigenvalue weighted by Gasteiger charge is -2.60. The van der Waals surface area contributed by atoms with Crippen molar-refractivity contribution in [1.29, 1.82) is 0 Å². The highest BCUT2D eigenvalue weighted by molar-refractivity contribution is 8.14. The average Bonchev–Trinajstić information content (AvgIpc) is 2.92. The fraction of sp³-hybridized carbons (Fsp3) is 0.897. The number of hydrogen-bond donors (Lipinski definition) is 0. The van der Waals surface area contributed by atoms with Crippen LogP contribution >= 0.6 is 11.8 Å². The van der Waals surface area contributed by atoms with Crippen LogP contribution in [-0.4, -0.2) is 150 Å². The SMILES string of the molecule is C=CC(=O)SCCC[Si](C)(C)O[Si]12O[Si]3(O[Si](C)(C)C)O[Si]4(O[Si](C)(C)C)O[Si]5(O[Si](C)(C)C)O[Si](O[Si](C)(C)C)(O3)O[Si](O[Si](C)(C)C)(O[Si](O[Si](C)(C)C)(O5)O[Si](O[Si](C)(C)C)(O4)O1)O2. The van der Waals surface area contributed by atoms with E-state index in [1.165, 1.54) is 17.8 Å². The molecule has 0 aromatic heterocycles. The van der Waals surface area contributed by atoms with E-state index in [1.54, 1.807) is 0 Å². The van der Waals surface area contributed by atoms with Crippen molar-refractivity contribution < 1.29 is 87.1 Å². The van der Waals surface area contributed by atoms with Crippen LogP contribution in [0.1, 0.15) is 6.42 Å². The molecular weight excluding hydrogens is 1170 g/mol. The monoisotopic (exact) mass is 1240 g/mol. The molecule has 6 aliphatic rings. The molecule has 0 N–H and O–H groups in total. The van der Waals surface area contributed by atoms with Gasteiger partial charge in [-0.1, -0.05) is 18.3 Å². The first kappa shape index (κ1) is 60.3. The van der Waals surface area contributed by atoms with Crippen LogP contribution in [-0.2, 0) is 87.1 Å². The van der Waals surface area contributed by atoms with E-state index in [9.17, 15) is 4.79 Å². The Morgan fingerprint density at radius 2 is 0.552 bits per heavy atom. The third-order valence-corrected chi connectivity index (χ3v) is 61.6. The molecule has 6 aliphatic heterocycles. The lowest BCUT2D eigenvalue weighted by molar-refractivity contribution is -0.129. The minimum atomic E-state index is -5.17. The summed E-state index contributed by atoms with van der Waals surface area (Å²) in [6.45, 7) is 48.4. The van der Waals surface area contributed by atoms with Gasteiger partial charge in [-0.15, -0.1) is 0 Å². The van der Waals surface area contributed by atoms with E-state index in [0.29, 0.717) is 18.2 Å². The van der Waals surface area contributed by atoms with Gasteiger partial charge in [-0.05, 0) is 169 Å². The van der Waals surface area contributed by atoms with Gasteiger partial charge in [-0.3, -0.25) is 4.79 Å². The topological polar surface area (TPSA) is 202 Å². The summed E-state index contributed by atoms with van der Waals surface area (Å²) in [4.78, 5) is 12.3. The molecule has 390 valence electrons. The summed E-state index contributed by atoms with van der Waals surface area (Å²) >= 11 is 1.17. The first-order valence-electron chi connectivity index (χ1n) is 22.4. The Morgan fingerprint density at radius 1 is 0.373 bits per heavy atom. The Bertz CT molecular complexity index is 1650. The summed E-state index contributed by atoms with van der Waals surface area (Å²) < 4.78 is 147. The van der Waals surface area contributed by atoms with E-state index in [1.807, 2.05) is 151 Å². The number of thioether (sulfide) groups is 1. The van der Waals surface area contributed by atoms with Crippen LogP contribution in [0.4, 0.5) is 0 Å². The van der Waals surface area contributed by atoms with Gasteiger partial charge in [0.05, 0.1) is 0 Å². The van der Waals surface area contributed by atoms with Crippen LogP contribution in [0.2, 0.25) is 157 Å². The van der Waals surface area contributed by atoms with Crippen molar-refractivity contribution in [3.05, 3.63) is 12.7 Å². The van der Waals surface area contributed by atoms with Crippen molar-refractivity contribution in [2.75, 3.05) is 5.75 Å². The van der Waals surface area contributed by atoms with Crippen molar-refractivity contribution in [3.8, 4) is 0 Å². The maximum Gasteiger partial charge on any atom is 0.651 e. The van der Waals surface area contributed by atoms with E-state index >= 15 is 0 Å². The van der Waals surface area contributed by atoms with Gasteiger partial charge in [0.25, 0.3) is 0 Å². The summed E-state index contributed by atoms with van der Waals surface area (Å²) in [5.74, 6) is 0.502. The van der Waals surface area contributed by atoms with Crippen LogP contribution in [0.5, 0.6) is 0 Å². The largest absolute Gasteiger partial charge is 0.651 e. The van der Waals surface area contributed by atoms with Gasteiger partial charge in [0.15, 0.2) is 66.5 Å². The second-order valence-electron chi connectivity index (χ2n) is 24.1. The van der Waals surface area contributed by atoms with Gasteiger partial charge < -0.3 is 82.3 Å². The molecule has 0 aromatic carbocycles. The highest BCUT2D eigenvalue weighted by Crippen LogP contribution is 2.53. The van der Waals surface area contributed by atoms with E-state index < -0.39 is 139 Å². The van der Waals surface area contributed by atoms with Crippen LogP contribution in [0.3, 0.4) is 0 Å². The zero-order valence-electron chi connectivity index (χ0n) is 43.9. The van der Waals surface area contributed by atoms with Crippen molar-refractivity contribution in [3.63, 3.8) is 0 Å². The molecule has 6 rings (SSSR count). The number of rotatable bonds is 21. The Labute approximate surface area is 421 Å². The minimum Gasteiger partial charge on any atom is -0.396 e. The standard InChI is InChI=1S/C29H78O21SSi16/c1-25-29(30)51-27-26-28-59(23,24)38-67-48-64(35-56(14,15)16)42-61(32-53(5,6)7)39-60(31-52(2,3)4)40-62(44-64,33-54(8,9)10)46-66(50-67,37-58(20,21)22)47-63(41-60,34-55(11,12)13)45-65(43-61,49-67)36-57(17,18)19/h25H,1,26-28H2,2-24H3. The zero-order valence-corrected chi connectivity index (χ0v) is 60.7. The number of hydrogen-bond acceptors (Lipinski definition) is 22. The third kappa shape index (κ3) is 17.2. The van der Waals surface area contributed by atoms with Gasteiger partial charge in [0.1, 0.15) is 0 Å². The Hall–Kier alpha value is 2.43. The predicted octanol–water partition coefficient (Wildman–Crippen LogP) is 7.76. The van der Waals surface area contributed by atoms with Gasteiger partial charge in [0.2, 0.25) is 5.12 Å². The second-order valence-corrected chi connectivity index (χ2v) is 83.1. The molecule has 0 aromatic rings. The van der Waals surface area contributed by atoms with E-state index in [0.717, 1.165) is 0 Å². The van der Waals surface area contributed by atoms with E-state index in [-0.39, 0.29) is 5.12 Å². The second kappa shape index (κ2) is 19.5. The van der Waals surface area contributed by atoms with Crippen molar-refractivity contribution >= 4 is 156 Å². The molecule has 0 radical (unpaired) electrons. The van der Waals surface area contributed by atoms with Crippen LogP contribution in [0.25, 0.3) is 0 Å². The summed E-state index contributed by atoms with van der Waals surface area (Å²) in [6, 6.07) is 0.500. The molecular formula is C29H78O21SSi16. The quantitative estimate of drug-likeness (QED) is 0.0612. The minimum absolute atomic E-state index is 0.132. The van der Waals surface area contributed by atoms with Crippen molar-refractivity contribution in [2.45, 2.75) is 163 Å². The highest BCUT2D eigenvalue weighted by atomic mass is 32.2. The summed E-state index contributed by atoms with van der Waals surface area (Å²) in [5.41, 5.74) is 0. The van der Waals surface area contributed by atoms with Gasteiger partial charge >= 0.3 is 72.4 Å². The molecule has 21 nitrogen and oxygen atoms in total. The highest BCUT2D eigenvalue weighted by Gasteiger charge is 2.92. The molecule has 8 bridgehead atoms. The van der Waals surface area contributed by atoms with Gasteiger partial charge in [-0.25, -0.2) is 0 Å².